The van der Waals surface area contributed by atoms with E-state index >= 15 is 0 Å². The summed E-state index contributed by atoms with van der Waals surface area (Å²) in [7, 11) is -3.12. The van der Waals surface area contributed by atoms with Gasteiger partial charge in [0.2, 0.25) is 0 Å². The molecule has 0 fully saturated rings. The predicted molar refractivity (Wildman–Crippen MR) is 52.4 cm³/mol. The first-order chi connectivity index (χ1) is 5.62. The van der Waals surface area contributed by atoms with Crippen LogP contribution in [0.3, 0.4) is 0 Å². The second-order valence-corrected chi connectivity index (χ2v) is 4.41. The first-order valence-electron chi connectivity index (χ1n) is 4.16. The van der Waals surface area contributed by atoms with Crippen LogP contribution in [-0.4, -0.2) is 8.42 Å². The van der Waals surface area contributed by atoms with Crippen LogP contribution in [0.25, 0.3) is 0 Å². The highest BCUT2D eigenvalue weighted by Gasteiger charge is 1.94. The van der Waals surface area contributed by atoms with Gasteiger partial charge in [-0.3, -0.25) is 0 Å². The van der Waals surface area contributed by atoms with E-state index < -0.39 is 9.84 Å². The molecule has 0 aromatic rings. The molecule has 0 aromatic carbocycles. The Morgan fingerprint density at radius 2 is 2.00 bits per heavy atom. The molecule has 0 aromatic heterocycles. The molecule has 12 heavy (non-hydrogen) atoms. The van der Waals surface area contributed by atoms with E-state index in [1.54, 1.807) is 6.08 Å². The molecule has 0 atom stereocenters. The van der Waals surface area contributed by atoms with Crippen molar-refractivity contribution in [3.8, 4) is 0 Å². The van der Waals surface area contributed by atoms with Crippen LogP contribution in [0.2, 0.25) is 0 Å². The van der Waals surface area contributed by atoms with Crippen molar-refractivity contribution in [2.45, 2.75) is 32.6 Å². The lowest BCUT2D eigenvalue weighted by atomic mass is 10.2. The molecule has 0 aliphatic heterocycles. The number of unbranched alkanes of at least 4 members (excludes halogenated alkanes) is 3. The molecule has 0 unspecified atom stereocenters. The van der Waals surface area contributed by atoms with Crippen molar-refractivity contribution in [1.29, 1.82) is 0 Å². The first-order valence-corrected chi connectivity index (χ1v) is 5.77. The lowest BCUT2D eigenvalue weighted by molar-refractivity contribution is 0.612. The van der Waals surface area contributed by atoms with Crippen molar-refractivity contribution in [2.75, 3.05) is 0 Å². The van der Waals surface area contributed by atoms with Crippen LogP contribution in [0.5, 0.6) is 0 Å². The van der Waals surface area contributed by atoms with E-state index in [2.05, 4.69) is 13.5 Å². The van der Waals surface area contributed by atoms with E-state index in [1.165, 1.54) is 5.41 Å². The number of hydrogen-bond donors (Lipinski definition) is 0. The van der Waals surface area contributed by atoms with Gasteiger partial charge in [0.25, 0.3) is 0 Å². The lowest BCUT2D eigenvalue weighted by Crippen LogP contribution is -1.86. The number of sulfone groups is 1. The molecule has 2 nitrogen and oxygen atoms in total. The van der Waals surface area contributed by atoms with Gasteiger partial charge in [0.1, 0.15) is 0 Å². The van der Waals surface area contributed by atoms with E-state index in [0.717, 1.165) is 31.1 Å². The second kappa shape index (κ2) is 6.00. The summed E-state index contributed by atoms with van der Waals surface area (Å²) in [5.41, 5.74) is 0. The maximum absolute atomic E-state index is 10.8. The van der Waals surface area contributed by atoms with Crippen LogP contribution in [-0.2, 0) is 9.84 Å². The minimum absolute atomic E-state index is 0.834. The van der Waals surface area contributed by atoms with Crippen molar-refractivity contribution < 1.29 is 8.42 Å². The molecule has 0 spiro atoms. The highest BCUT2D eigenvalue weighted by atomic mass is 32.2. The van der Waals surface area contributed by atoms with E-state index in [-0.39, 0.29) is 0 Å². The Morgan fingerprint density at radius 3 is 2.50 bits per heavy atom. The van der Waals surface area contributed by atoms with Crippen LogP contribution >= 0.6 is 0 Å². The third-order valence-corrected chi connectivity index (χ3v) is 2.53. The SMILES string of the molecule is C=CS(=O)(=O)/C=C/CCCCC. The topological polar surface area (TPSA) is 34.1 Å². The Hall–Kier alpha value is -0.570. The van der Waals surface area contributed by atoms with E-state index in [9.17, 15) is 8.42 Å². The Morgan fingerprint density at radius 1 is 1.33 bits per heavy atom. The normalized spacial score (nSPS) is 12.1. The number of allylic oxidation sites excluding steroid dienone is 1. The van der Waals surface area contributed by atoms with Crippen LogP contribution < -0.4 is 0 Å². The molecule has 0 saturated carbocycles. The summed E-state index contributed by atoms with van der Waals surface area (Å²) in [4.78, 5) is 0. The molecule has 0 aliphatic rings. The summed E-state index contributed by atoms with van der Waals surface area (Å²) in [5, 5.41) is 2.18. The monoisotopic (exact) mass is 188 g/mol. The predicted octanol–water partition coefficient (Wildman–Crippen LogP) is 2.64. The molecule has 0 N–H and O–H groups in total. The zero-order valence-electron chi connectivity index (χ0n) is 7.49. The quantitative estimate of drug-likeness (QED) is 0.600. The fourth-order valence-corrected chi connectivity index (χ4v) is 1.29. The summed E-state index contributed by atoms with van der Waals surface area (Å²) < 4.78 is 21.7. The molecule has 0 aliphatic carbocycles. The standard InChI is InChI=1S/C9H16O2S/c1-3-5-6-7-8-9-12(10,11)4-2/h4,8-9H,2-3,5-7H2,1H3/b9-8+. The van der Waals surface area contributed by atoms with Gasteiger partial charge in [-0.2, -0.15) is 0 Å². The van der Waals surface area contributed by atoms with Crippen LogP contribution in [0.15, 0.2) is 23.5 Å². The van der Waals surface area contributed by atoms with Gasteiger partial charge >= 0.3 is 0 Å². The summed E-state index contributed by atoms with van der Waals surface area (Å²) in [6.07, 6.45) is 5.88. The maximum atomic E-state index is 10.8. The van der Waals surface area contributed by atoms with E-state index in [4.69, 9.17) is 0 Å². The number of rotatable bonds is 6. The van der Waals surface area contributed by atoms with Gasteiger partial charge in [-0.1, -0.05) is 32.4 Å². The average molecular weight is 188 g/mol. The fourth-order valence-electron chi connectivity index (χ4n) is 0.770. The zero-order valence-corrected chi connectivity index (χ0v) is 8.31. The summed E-state index contributed by atoms with van der Waals surface area (Å²) in [5.74, 6) is 0. The van der Waals surface area contributed by atoms with Crippen LogP contribution in [0, 0.1) is 0 Å². The molecular formula is C9H16O2S. The summed E-state index contributed by atoms with van der Waals surface area (Å²) >= 11 is 0. The van der Waals surface area contributed by atoms with Crippen molar-refractivity contribution in [2.24, 2.45) is 0 Å². The van der Waals surface area contributed by atoms with Crippen molar-refractivity contribution in [3.05, 3.63) is 23.5 Å². The van der Waals surface area contributed by atoms with Gasteiger partial charge in [0.15, 0.2) is 9.84 Å². The minimum Gasteiger partial charge on any atom is -0.220 e. The van der Waals surface area contributed by atoms with Crippen LogP contribution in [0.1, 0.15) is 32.6 Å². The van der Waals surface area contributed by atoms with Gasteiger partial charge in [0.05, 0.1) is 0 Å². The smallest absolute Gasteiger partial charge is 0.192 e. The van der Waals surface area contributed by atoms with Crippen molar-refractivity contribution in [1.82, 2.24) is 0 Å². The zero-order chi connectivity index (χ0) is 9.45. The Kier molecular flexibility index (Phi) is 5.72. The van der Waals surface area contributed by atoms with Gasteiger partial charge in [-0.25, -0.2) is 8.42 Å². The van der Waals surface area contributed by atoms with Crippen molar-refractivity contribution >= 4 is 9.84 Å². The molecule has 0 heterocycles. The Balaban J connectivity index is 3.70. The van der Waals surface area contributed by atoms with Crippen molar-refractivity contribution in [3.63, 3.8) is 0 Å². The minimum atomic E-state index is -3.12. The molecule has 0 amide bonds. The van der Waals surface area contributed by atoms with Gasteiger partial charge in [-0.05, 0) is 12.8 Å². The molecule has 0 bridgehead atoms. The van der Waals surface area contributed by atoms with Gasteiger partial charge < -0.3 is 0 Å². The highest BCUT2D eigenvalue weighted by molar-refractivity contribution is 7.97. The third kappa shape index (κ3) is 6.16. The third-order valence-electron chi connectivity index (χ3n) is 1.49. The summed E-state index contributed by atoms with van der Waals surface area (Å²) in [6.45, 7) is 5.32. The Bertz CT molecular complexity index is 237. The highest BCUT2D eigenvalue weighted by Crippen LogP contribution is 2.01. The molecule has 0 rings (SSSR count). The maximum Gasteiger partial charge on any atom is 0.192 e. The van der Waals surface area contributed by atoms with Gasteiger partial charge in [0, 0.05) is 10.8 Å². The largest absolute Gasteiger partial charge is 0.220 e. The molecule has 0 radical (unpaired) electrons. The van der Waals surface area contributed by atoms with Gasteiger partial charge in [-0.15, -0.1) is 0 Å². The van der Waals surface area contributed by atoms with E-state index in [1.807, 2.05) is 0 Å². The molecular weight excluding hydrogens is 172 g/mol. The Labute approximate surface area is 74.9 Å². The average Bonchev–Trinajstić information content (AvgIpc) is 2.04. The number of hydrogen-bond acceptors (Lipinski definition) is 2. The van der Waals surface area contributed by atoms with Crippen LogP contribution in [0.4, 0.5) is 0 Å². The lowest BCUT2D eigenvalue weighted by Gasteiger charge is -1.91. The first kappa shape index (κ1) is 11.4. The fraction of sp³-hybridized carbons (Fsp3) is 0.556. The summed E-state index contributed by atoms with van der Waals surface area (Å²) in [6, 6.07) is 0. The molecule has 3 heteroatoms. The molecule has 70 valence electrons. The molecule has 0 saturated heterocycles. The van der Waals surface area contributed by atoms with E-state index in [0.29, 0.717) is 0 Å². The second-order valence-electron chi connectivity index (χ2n) is 2.62.